The summed E-state index contributed by atoms with van der Waals surface area (Å²) in [5, 5.41) is 17.6. The Morgan fingerprint density at radius 2 is 1.88 bits per heavy atom. The van der Waals surface area contributed by atoms with Gasteiger partial charge in [-0.25, -0.2) is 4.98 Å². The number of anilines is 1. The van der Waals surface area contributed by atoms with Gasteiger partial charge in [-0.15, -0.1) is 10.2 Å². The first kappa shape index (κ1) is 15.8. The van der Waals surface area contributed by atoms with Crippen LogP contribution in [0.1, 0.15) is 12.0 Å². The van der Waals surface area contributed by atoms with Gasteiger partial charge in [-0.05, 0) is 19.1 Å². The summed E-state index contributed by atoms with van der Waals surface area (Å²) < 4.78 is 7.11. The smallest absolute Gasteiger partial charge is 0.355 e. The zero-order valence-corrected chi connectivity index (χ0v) is 14.1. The van der Waals surface area contributed by atoms with Crippen molar-refractivity contribution in [3.8, 4) is 12.0 Å². The Bertz CT molecular complexity index is 875. The van der Waals surface area contributed by atoms with Gasteiger partial charge in [0.25, 0.3) is 5.95 Å². The number of hydrogen-bond donors (Lipinski definition) is 2. The van der Waals surface area contributed by atoms with E-state index in [1.807, 2.05) is 23.5 Å². The standard InChI is InChI=1S/C16H17N9O/c1-12-2-4-14(5-3-12)25-18-10-13(23-25)6-9-26-16-21-19-15(20-22-16)24-8-7-17-11-24/h2-5,7-8,10-11,18,23H,6,9H2,1H3. The lowest BCUT2D eigenvalue weighted by Crippen LogP contribution is -2.39. The highest BCUT2D eigenvalue weighted by Crippen LogP contribution is 2.15. The van der Waals surface area contributed by atoms with E-state index in [1.165, 1.54) is 5.56 Å². The van der Waals surface area contributed by atoms with E-state index in [0.29, 0.717) is 19.0 Å². The summed E-state index contributed by atoms with van der Waals surface area (Å²) >= 11 is 0. The second-order valence-corrected chi connectivity index (χ2v) is 5.63. The maximum atomic E-state index is 5.50. The van der Waals surface area contributed by atoms with Crippen LogP contribution in [0.4, 0.5) is 5.69 Å². The van der Waals surface area contributed by atoms with E-state index in [-0.39, 0.29) is 6.01 Å². The number of hydrogen-bond acceptors (Lipinski definition) is 9. The van der Waals surface area contributed by atoms with Gasteiger partial charge in [-0.2, -0.15) is 5.12 Å². The Kier molecular flexibility index (Phi) is 4.29. The van der Waals surface area contributed by atoms with Gasteiger partial charge in [0.2, 0.25) is 0 Å². The van der Waals surface area contributed by atoms with E-state index in [2.05, 4.69) is 55.3 Å². The van der Waals surface area contributed by atoms with E-state index in [4.69, 9.17) is 4.74 Å². The molecule has 132 valence electrons. The second-order valence-electron chi connectivity index (χ2n) is 5.63. The van der Waals surface area contributed by atoms with Crippen LogP contribution < -0.4 is 20.7 Å². The number of nitrogens with zero attached hydrogens (tertiary/aromatic N) is 7. The quantitative estimate of drug-likeness (QED) is 0.670. The number of ether oxygens (including phenoxy) is 1. The molecule has 1 aliphatic rings. The molecule has 2 aromatic heterocycles. The summed E-state index contributed by atoms with van der Waals surface area (Å²) in [5.74, 6) is 0.341. The van der Waals surface area contributed by atoms with Crippen LogP contribution in [-0.2, 0) is 0 Å². The van der Waals surface area contributed by atoms with Crippen LogP contribution in [0.15, 0.2) is 54.9 Å². The van der Waals surface area contributed by atoms with Gasteiger partial charge in [0.1, 0.15) is 6.33 Å². The van der Waals surface area contributed by atoms with Crippen molar-refractivity contribution in [2.75, 3.05) is 11.7 Å². The summed E-state index contributed by atoms with van der Waals surface area (Å²) in [4.78, 5) is 3.92. The molecule has 3 aromatic rings. The fourth-order valence-corrected chi connectivity index (χ4v) is 2.32. The van der Waals surface area contributed by atoms with Crippen molar-refractivity contribution in [1.29, 1.82) is 0 Å². The predicted octanol–water partition coefficient (Wildman–Crippen LogP) is 0.900. The van der Waals surface area contributed by atoms with Crippen LogP contribution in [0.2, 0.25) is 0 Å². The highest BCUT2D eigenvalue weighted by atomic mass is 16.5. The van der Waals surface area contributed by atoms with Crippen molar-refractivity contribution >= 4 is 5.69 Å². The lowest BCUT2D eigenvalue weighted by atomic mass is 10.2. The van der Waals surface area contributed by atoms with Crippen LogP contribution >= 0.6 is 0 Å². The minimum atomic E-state index is 0.135. The first-order chi connectivity index (χ1) is 12.8. The molecule has 1 aliphatic heterocycles. The molecular weight excluding hydrogens is 334 g/mol. The van der Waals surface area contributed by atoms with E-state index < -0.39 is 0 Å². The van der Waals surface area contributed by atoms with E-state index in [0.717, 1.165) is 11.4 Å². The van der Waals surface area contributed by atoms with Crippen LogP contribution in [-0.4, -0.2) is 36.6 Å². The van der Waals surface area contributed by atoms with Crippen molar-refractivity contribution in [2.45, 2.75) is 13.3 Å². The molecule has 0 atom stereocenters. The van der Waals surface area contributed by atoms with Crippen molar-refractivity contribution in [2.24, 2.45) is 0 Å². The minimum Gasteiger partial charge on any atom is -0.461 e. The topological polar surface area (TPSA) is 106 Å². The summed E-state index contributed by atoms with van der Waals surface area (Å²) in [5.41, 5.74) is 9.64. The molecular formula is C16H17N9O. The predicted molar refractivity (Wildman–Crippen MR) is 92.9 cm³/mol. The second kappa shape index (κ2) is 7.05. The van der Waals surface area contributed by atoms with Crippen LogP contribution in [0.5, 0.6) is 6.01 Å². The Morgan fingerprint density at radius 3 is 2.62 bits per heavy atom. The minimum absolute atomic E-state index is 0.135. The molecule has 10 heteroatoms. The van der Waals surface area contributed by atoms with Gasteiger partial charge < -0.3 is 4.74 Å². The number of nitrogens with one attached hydrogen (secondary N) is 2. The van der Waals surface area contributed by atoms with Gasteiger partial charge in [-0.3, -0.25) is 15.4 Å². The normalized spacial score (nSPS) is 13.1. The van der Waals surface area contributed by atoms with Gasteiger partial charge in [0.15, 0.2) is 0 Å². The number of aryl methyl sites for hydroxylation is 1. The van der Waals surface area contributed by atoms with E-state index in [9.17, 15) is 0 Å². The molecule has 0 unspecified atom stereocenters. The highest BCUT2D eigenvalue weighted by molar-refractivity contribution is 5.47. The highest BCUT2D eigenvalue weighted by Gasteiger charge is 2.13. The molecule has 26 heavy (non-hydrogen) atoms. The number of rotatable bonds is 6. The maximum absolute atomic E-state index is 5.50. The molecule has 0 saturated carbocycles. The summed E-state index contributed by atoms with van der Waals surface area (Å²) in [6.45, 7) is 2.46. The molecule has 0 saturated heterocycles. The summed E-state index contributed by atoms with van der Waals surface area (Å²) in [6.07, 6.45) is 7.46. The molecule has 0 spiro atoms. The first-order valence-electron chi connectivity index (χ1n) is 8.05. The van der Waals surface area contributed by atoms with Crippen molar-refractivity contribution in [3.05, 3.63) is 60.4 Å². The number of imidazole rings is 1. The third-order valence-electron chi connectivity index (χ3n) is 3.70. The molecule has 0 fully saturated rings. The van der Waals surface area contributed by atoms with Crippen molar-refractivity contribution < 1.29 is 4.74 Å². The number of hydrazine groups is 2. The number of aromatic nitrogens is 6. The Labute approximate surface area is 149 Å². The average Bonchev–Trinajstić information content (AvgIpc) is 3.35. The lowest BCUT2D eigenvalue weighted by Gasteiger charge is -2.20. The Morgan fingerprint density at radius 1 is 1.08 bits per heavy atom. The van der Waals surface area contributed by atoms with E-state index >= 15 is 0 Å². The van der Waals surface area contributed by atoms with Gasteiger partial charge >= 0.3 is 6.01 Å². The SMILES string of the molecule is Cc1ccc(N2NC=C(CCOc3nnc(-n4ccnc4)nn3)N2)cc1. The molecule has 1 aromatic carbocycles. The van der Waals surface area contributed by atoms with Crippen LogP contribution in [0.25, 0.3) is 5.95 Å². The Hall–Kier alpha value is -3.69. The van der Waals surface area contributed by atoms with Gasteiger partial charge in [0, 0.05) is 25.0 Å². The summed E-state index contributed by atoms with van der Waals surface area (Å²) in [7, 11) is 0. The molecule has 0 amide bonds. The molecule has 2 N–H and O–H groups in total. The average molecular weight is 351 g/mol. The van der Waals surface area contributed by atoms with Gasteiger partial charge in [-0.1, -0.05) is 27.9 Å². The molecule has 0 bridgehead atoms. The third-order valence-corrected chi connectivity index (χ3v) is 3.70. The largest absolute Gasteiger partial charge is 0.461 e. The maximum Gasteiger partial charge on any atom is 0.355 e. The van der Waals surface area contributed by atoms with Gasteiger partial charge in [0.05, 0.1) is 18.0 Å². The van der Waals surface area contributed by atoms with Crippen molar-refractivity contribution in [1.82, 2.24) is 40.8 Å². The fraction of sp³-hybridized carbons (Fsp3) is 0.188. The molecule has 4 rings (SSSR count). The monoisotopic (exact) mass is 351 g/mol. The Balaban J connectivity index is 1.25. The van der Waals surface area contributed by atoms with E-state index in [1.54, 1.807) is 23.3 Å². The van der Waals surface area contributed by atoms with Crippen molar-refractivity contribution in [3.63, 3.8) is 0 Å². The third kappa shape index (κ3) is 3.53. The van der Waals surface area contributed by atoms with Crippen LogP contribution in [0, 0.1) is 6.92 Å². The molecule has 3 heterocycles. The molecule has 0 radical (unpaired) electrons. The lowest BCUT2D eigenvalue weighted by molar-refractivity contribution is 0.284. The fourth-order valence-electron chi connectivity index (χ4n) is 2.32. The van der Waals surface area contributed by atoms with Crippen LogP contribution in [0.3, 0.4) is 0 Å². The number of benzene rings is 1. The first-order valence-corrected chi connectivity index (χ1v) is 8.05. The zero-order chi connectivity index (χ0) is 17.8. The molecule has 0 aliphatic carbocycles. The zero-order valence-electron chi connectivity index (χ0n) is 14.1. The molecule has 10 nitrogen and oxygen atoms in total. The summed E-state index contributed by atoms with van der Waals surface area (Å²) in [6, 6.07) is 8.33.